The first-order valence-corrected chi connectivity index (χ1v) is 11.4. The Kier molecular flexibility index (Phi) is 6.20. The van der Waals surface area contributed by atoms with Crippen molar-refractivity contribution in [3.05, 3.63) is 30.3 Å². The minimum absolute atomic E-state index is 0.478. The Hall–Kier alpha value is -1.02. The maximum Gasteiger partial charge on any atom is 0.0443 e. The number of benzene rings is 1. The van der Waals surface area contributed by atoms with Crippen LogP contribution in [0.5, 0.6) is 0 Å². The highest BCUT2D eigenvalue weighted by Gasteiger charge is 2.46. The molecule has 0 aromatic heterocycles. The van der Waals surface area contributed by atoms with Gasteiger partial charge in [0.1, 0.15) is 0 Å². The Balaban J connectivity index is 1.33. The van der Waals surface area contributed by atoms with E-state index in [0.29, 0.717) is 5.54 Å². The molecule has 0 N–H and O–H groups in total. The van der Waals surface area contributed by atoms with Gasteiger partial charge in [-0.2, -0.15) is 0 Å². The molecule has 26 heavy (non-hydrogen) atoms. The topological polar surface area (TPSA) is 6.48 Å². The first-order chi connectivity index (χ1) is 12.9. The van der Waals surface area contributed by atoms with Gasteiger partial charge in [-0.15, -0.1) is 0 Å². The minimum atomic E-state index is 0.478. The minimum Gasteiger partial charge on any atom is -0.366 e. The van der Waals surface area contributed by atoms with E-state index in [1.54, 1.807) is 0 Å². The zero-order chi connectivity index (χ0) is 17.7. The van der Waals surface area contributed by atoms with Crippen molar-refractivity contribution < 1.29 is 0 Å². The molecule has 1 saturated carbocycles. The molecule has 1 aliphatic carbocycles. The van der Waals surface area contributed by atoms with Gasteiger partial charge >= 0.3 is 0 Å². The zero-order valence-electron chi connectivity index (χ0n) is 16.7. The summed E-state index contributed by atoms with van der Waals surface area (Å²) in [5.41, 5.74) is 1.92. The van der Waals surface area contributed by atoms with E-state index >= 15 is 0 Å². The van der Waals surface area contributed by atoms with Crippen LogP contribution in [-0.4, -0.2) is 36.1 Å². The average Bonchev–Trinajstić information content (AvgIpc) is 2.74. The molecular formula is C24H38N2. The van der Waals surface area contributed by atoms with Crippen LogP contribution in [0.15, 0.2) is 30.3 Å². The number of anilines is 1. The number of hydrogen-bond donors (Lipinski definition) is 0. The molecule has 2 nitrogen and oxygen atoms in total. The van der Waals surface area contributed by atoms with Crippen LogP contribution in [0.25, 0.3) is 0 Å². The summed E-state index contributed by atoms with van der Waals surface area (Å²) in [5.74, 6) is 0. The quantitative estimate of drug-likeness (QED) is 0.641. The molecule has 2 heteroatoms. The smallest absolute Gasteiger partial charge is 0.0443 e. The summed E-state index contributed by atoms with van der Waals surface area (Å²) >= 11 is 0. The second kappa shape index (κ2) is 8.78. The monoisotopic (exact) mass is 354 g/mol. The van der Waals surface area contributed by atoms with E-state index in [1.807, 2.05) is 0 Å². The fourth-order valence-electron chi connectivity index (χ4n) is 5.71. The molecule has 144 valence electrons. The summed E-state index contributed by atoms with van der Waals surface area (Å²) in [7, 11) is 0. The van der Waals surface area contributed by atoms with Crippen molar-refractivity contribution in [2.24, 2.45) is 0 Å². The summed E-state index contributed by atoms with van der Waals surface area (Å²) in [5, 5.41) is 0. The van der Waals surface area contributed by atoms with Crippen molar-refractivity contribution in [2.75, 3.05) is 24.5 Å². The standard InChI is InChI=1S/C24H38N2/c1-2-4-6-9-13-22(12-8-5-3-1)25-19-16-24(17-20-25)18-21-26(24)23-14-10-7-11-15-23/h7,10-11,14-15,22H,1-6,8-9,12-13,16-21H2. The normalized spacial score (nSPS) is 26.2. The Morgan fingerprint density at radius 1 is 0.654 bits per heavy atom. The maximum atomic E-state index is 2.88. The maximum absolute atomic E-state index is 2.88. The van der Waals surface area contributed by atoms with Gasteiger partial charge in [0.05, 0.1) is 0 Å². The van der Waals surface area contributed by atoms with E-state index in [4.69, 9.17) is 0 Å². The van der Waals surface area contributed by atoms with Crippen molar-refractivity contribution in [3.8, 4) is 0 Å². The van der Waals surface area contributed by atoms with E-state index in [2.05, 4.69) is 40.1 Å². The fourth-order valence-corrected chi connectivity index (χ4v) is 5.71. The van der Waals surface area contributed by atoms with Crippen molar-refractivity contribution >= 4 is 5.69 Å². The molecular weight excluding hydrogens is 316 g/mol. The molecule has 1 spiro atoms. The highest BCUT2D eigenvalue weighted by atomic mass is 15.3. The number of likely N-dealkylation sites (tertiary alicyclic amines) is 1. The second-order valence-corrected chi connectivity index (χ2v) is 9.06. The lowest BCUT2D eigenvalue weighted by molar-refractivity contribution is 0.0758. The number of nitrogens with zero attached hydrogens (tertiary/aromatic N) is 2. The summed E-state index contributed by atoms with van der Waals surface area (Å²) < 4.78 is 0. The van der Waals surface area contributed by atoms with Crippen LogP contribution in [0.1, 0.15) is 83.5 Å². The van der Waals surface area contributed by atoms with E-state index in [1.165, 1.54) is 109 Å². The van der Waals surface area contributed by atoms with Gasteiger partial charge in [-0.05, 0) is 44.2 Å². The molecule has 2 saturated heterocycles. The molecule has 0 amide bonds. The van der Waals surface area contributed by atoms with Gasteiger partial charge in [-0.1, -0.05) is 69.6 Å². The van der Waals surface area contributed by atoms with Crippen molar-refractivity contribution in [1.82, 2.24) is 4.90 Å². The highest BCUT2D eigenvalue weighted by molar-refractivity contribution is 5.52. The van der Waals surface area contributed by atoms with Gasteiger partial charge in [-0.3, -0.25) is 0 Å². The number of rotatable bonds is 2. The molecule has 0 unspecified atom stereocenters. The molecule has 0 atom stereocenters. The predicted molar refractivity (Wildman–Crippen MR) is 112 cm³/mol. The first-order valence-electron chi connectivity index (χ1n) is 11.4. The van der Waals surface area contributed by atoms with E-state index in [0.717, 1.165) is 6.04 Å². The van der Waals surface area contributed by atoms with Crippen molar-refractivity contribution in [1.29, 1.82) is 0 Å². The molecule has 4 rings (SSSR count). The molecule has 0 bridgehead atoms. The number of para-hydroxylation sites is 1. The molecule has 2 aliphatic heterocycles. The van der Waals surface area contributed by atoms with Crippen LogP contribution in [0.2, 0.25) is 0 Å². The largest absolute Gasteiger partial charge is 0.366 e. The third-order valence-corrected chi connectivity index (χ3v) is 7.51. The van der Waals surface area contributed by atoms with Gasteiger partial charge in [0, 0.05) is 36.9 Å². The number of piperidine rings is 1. The van der Waals surface area contributed by atoms with E-state index < -0.39 is 0 Å². The molecule has 2 heterocycles. The average molecular weight is 355 g/mol. The fraction of sp³-hybridized carbons (Fsp3) is 0.750. The van der Waals surface area contributed by atoms with Gasteiger partial charge in [0.25, 0.3) is 0 Å². The lowest BCUT2D eigenvalue weighted by Crippen LogP contribution is -2.65. The van der Waals surface area contributed by atoms with Crippen LogP contribution < -0.4 is 4.90 Å². The van der Waals surface area contributed by atoms with Gasteiger partial charge < -0.3 is 9.80 Å². The van der Waals surface area contributed by atoms with Gasteiger partial charge in [0.2, 0.25) is 0 Å². The lowest BCUT2D eigenvalue weighted by atomic mass is 9.75. The van der Waals surface area contributed by atoms with Gasteiger partial charge in [-0.25, -0.2) is 0 Å². The Morgan fingerprint density at radius 3 is 1.73 bits per heavy atom. The highest BCUT2D eigenvalue weighted by Crippen LogP contribution is 2.43. The molecule has 1 aromatic carbocycles. The lowest BCUT2D eigenvalue weighted by Gasteiger charge is -2.58. The molecule has 3 aliphatic rings. The molecule has 1 aromatic rings. The summed E-state index contributed by atoms with van der Waals surface area (Å²) in [4.78, 5) is 5.59. The third-order valence-electron chi connectivity index (χ3n) is 7.51. The molecule has 0 radical (unpaired) electrons. The molecule has 3 fully saturated rings. The van der Waals surface area contributed by atoms with Crippen molar-refractivity contribution in [2.45, 2.75) is 95.1 Å². The van der Waals surface area contributed by atoms with Gasteiger partial charge in [0.15, 0.2) is 0 Å². The van der Waals surface area contributed by atoms with Crippen LogP contribution in [-0.2, 0) is 0 Å². The van der Waals surface area contributed by atoms with Crippen LogP contribution >= 0.6 is 0 Å². The Bertz CT molecular complexity index is 520. The SMILES string of the molecule is c1ccc(N2CCC23CCN(C2CCCCCCCCCC2)CC3)cc1. The Labute approximate surface area is 161 Å². The van der Waals surface area contributed by atoms with Crippen LogP contribution in [0.3, 0.4) is 0 Å². The second-order valence-electron chi connectivity index (χ2n) is 9.06. The van der Waals surface area contributed by atoms with Crippen LogP contribution in [0, 0.1) is 0 Å². The van der Waals surface area contributed by atoms with Crippen molar-refractivity contribution in [3.63, 3.8) is 0 Å². The summed E-state index contributed by atoms with van der Waals surface area (Å²) in [6.07, 6.45) is 18.8. The zero-order valence-corrected chi connectivity index (χ0v) is 16.7. The van der Waals surface area contributed by atoms with E-state index in [9.17, 15) is 0 Å². The first kappa shape index (κ1) is 18.3. The third kappa shape index (κ3) is 4.11. The Morgan fingerprint density at radius 2 is 1.19 bits per heavy atom. The summed E-state index contributed by atoms with van der Waals surface area (Å²) in [6.45, 7) is 3.91. The predicted octanol–water partition coefficient (Wildman–Crippen LogP) is 6.01. The number of hydrogen-bond acceptors (Lipinski definition) is 2. The summed E-state index contributed by atoms with van der Waals surface area (Å²) in [6, 6.07) is 12.0. The van der Waals surface area contributed by atoms with E-state index in [-0.39, 0.29) is 0 Å². The van der Waals surface area contributed by atoms with Crippen LogP contribution in [0.4, 0.5) is 5.69 Å².